The van der Waals surface area contributed by atoms with Gasteiger partial charge in [-0.05, 0) is 32.4 Å². The molecule has 29 heavy (non-hydrogen) atoms. The maximum atomic E-state index is 13.1. The fourth-order valence-electron chi connectivity index (χ4n) is 3.29. The predicted molar refractivity (Wildman–Crippen MR) is 107 cm³/mol. The van der Waals surface area contributed by atoms with Crippen molar-refractivity contribution in [2.75, 3.05) is 42.6 Å². The van der Waals surface area contributed by atoms with Gasteiger partial charge in [0.25, 0.3) is 11.8 Å². The molecular weight excluding hydrogens is 398 g/mol. The summed E-state index contributed by atoms with van der Waals surface area (Å²) in [4.78, 5) is 38.7. The number of quaternary nitrogens is 1. The minimum absolute atomic E-state index is 0.00180. The summed E-state index contributed by atoms with van der Waals surface area (Å²) in [6, 6.07) is 8.50. The topological polar surface area (TPSA) is 114 Å². The maximum Gasteiger partial charge on any atom is 0.414 e. The Labute approximate surface area is 170 Å². The summed E-state index contributed by atoms with van der Waals surface area (Å²) >= 11 is 0. The van der Waals surface area contributed by atoms with Crippen molar-refractivity contribution in [3.05, 3.63) is 30.3 Å². The van der Waals surface area contributed by atoms with Crippen LogP contribution in [0, 0.1) is 0 Å². The number of alkyl carbamates (subject to hydrolysis) is 1. The third kappa shape index (κ3) is 6.82. The highest BCUT2D eigenvalue weighted by Gasteiger charge is 2.36. The minimum atomic E-state index is -3.17. The lowest BCUT2D eigenvalue weighted by Gasteiger charge is -2.29. The first-order chi connectivity index (χ1) is 13.8. The third-order valence-electron chi connectivity index (χ3n) is 4.71. The zero-order valence-corrected chi connectivity index (χ0v) is 17.5. The number of hydrogen-bond donors (Lipinski definition) is 2. The summed E-state index contributed by atoms with van der Waals surface area (Å²) in [6.45, 7) is 4.01. The molecule has 2 atom stereocenters. The summed E-state index contributed by atoms with van der Waals surface area (Å²) in [5.41, 5.74) is 0.631. The van der Waals surface area contributed by atoms with Gasteiger partial charge in [-0.15, -0.1) is 0 Å². The second-order valence-electron chi connectivity index (χ2n) is 6.88. The lowest BCUT2D eigenvalue weighted by molar-refractivity contribution is -0.881. The van der Waals surface area contributed by atoms with Crippen molar-refractivity contribution >= 4 is 33.4 Å². The SMILES string of the molecule is CCOC(=O)NC(=O)C[NH+](CC)CC(=O)N(c1ccccc1)[C@@H]1CCS(=O)(=O)C1. The van der Waals surface area contributed by atoms with Gasteiger partial charge < -0.3 is 14.5 Å². The number of benzene rings is 1. The van der Waals surface area contributed by atoms with E-state index >= 15 is 0 Å². The Morgan fingerprint density at radius 3 is 2.41 bits per heavy atom. The van der Waals surface area contributed by atoms with Gasteiger partial charge in [0.1, 0.15) is 0 Å². The Balaban J connectivity index is 2.09. The average molecular weight is 427 g/mol. The van der Waals surface area contributed by atoms with Gasteiger partial charge >= 0.3 is 6.09 Å². The fraction of sp³-hybridized carbons (Fsp3) is 0.526. The molecule has 1 aromatic carbocycles. The minimum Gasteiger partial charge on any atom is -0.450 e. The van der Waals surface area contributed by atoms with Gasteiger partial charge in [-0.1, -0.05) is 18.2 Å². The van der Waals surface area contributed by atoms with Crippen LogP contribution in [0.25, 0.3) is 0 Å². The standard InChI is InChI=1S/C19H27N3O6S/c1-3-21(12-17(23)20-19(25)28-4-2)13-18(24)22(15-8-6-5-7-9-15)16-10-11-29(26,27)14-16/h5-9,16H,3-4,10-14H2,1-2H3,(H,20,23,25)/p+1/t16-/m1/s1. The molecule has 1 aliphatic rings. The number of nitrogens with one attached hydrogen (secondary N) is 2. The molecule has 160 valence electrons. The number of nitrogens with zero attached hydrogens (tertiary/aromatic N) is 1. The van der Waals surface area contributed by atoms with Gasteiger partial charge in [-0.25, -0.2) is 13.2 Å². The van der Waals surface area contributed by atoms with E-state index < -0.39 is 27.9 Å². The Morgan fingerprint density at radius 2 is 1.86 bits per heavy atom. The van der Waals surface area contributed by atoms with Crippen molar-refractivity contribution in [2.24, 2.45) is 0 Å². The van der Waals surface area contributed by atoms with E-state index in [0.29, 0.717) is 23.6 Å². The Bertz CT molecular complexity index is 828. The second-order valence-corrected chi connectivity index (χ2v) is 9.11. The van der Waals surface area contributed by atoms with E-state index in [-0.39, 0.29) is 37.1 Å². The van der Waals surface area contributed by atoms with Gasteiger partial charge in [0.2, 0.25) is 0 Å². The molecule has 0 spiro atoms. The van der Waals surface area contributed by atoms with Crippen LogP contribution in [-0.2, 0) is 24.2 Å². The molecule has 0 bridgehead atoms. The Hall–Kier alpha value is -2.46. The number of anilines is 1. The van der Waals surface area contributed by atoms with Gasteiger partial charge in [-0.2, -0.15) is 0 Å². The van der Waals surface area contributed by atoms with Crippen LogP contribution in [-0.4, -0.2) is 70.1 Å². The number of carbonyl (C=O) groups is 3. The molecule has 0 radical (unpaired) electrons. The normalized spacial score (nSPS) is 18.6. The highest BCUT2D eigenvalue weighted by molar-refractivity contribution is 7.91. The molecule has 1 unspecified atom stereocenters. The molecule has 9 nitrogen and oxygen atoms in total. The number of imide groups is 1. The van der Waals surface area contributed by atoms with E-state index in [2.05, 4.69) is 10.1 Å². The van der Waals surface area contributed by atoms with E-state index in [1.807, 2.05) is 13.0 Å². The van der Waals surface area contributed by atoms with Gasteiger partial charge in [0.05, 0.1) is 30.7 Å². The number of hydrogen-bond acceptors (Lipinski definition) is 6. The number of amides is 3. The van der Waals surface area contributed by atoms with E-state index in [0.717, 1.165) is 0 Å². The van der Waals surface area contributed by atoms with E-state index in [9.17, 15) is 22.8 Å². The summed E-state index contributed by atoms with van der Waals surface area (Å²) in [6.07, 6.45) is -0.435. The van der Waals surface area contributed by atoms with Crippen LogP contribution in [0.15, 0.2) is 30.3 Å². The number of para-hydroxylation sites is 1. The molecule has 0 saturated carbocycles. The fourth-order valence-corrected chi connectivity index (χ4v) is 4.99. The largest absolute Gasteiger partial charge is 0.450 e. The van der Waals surface area contributed by atoms with Crippen molar-refractivity contribution in [2.45, 2.75) is 26.3 Å². The van der Waals surface area contributed by atoms with Crippen LogP contribution in [0.1, 0.15) is 20.3 Å². The molecule has 1 aliphatic heterocycles. The predicted octanol–water partition coefficient (Wildman–Crippen LogP) is -0.616. The quantitative estimate of drug-likeness (QED) is 0.573. The summed E-state index contributed by atoms with van der Waals surface area (Å²) in [7, 11) is -3.17. The van der Waals surface area contributed by atoms with Crippen LogP contribution in [0.5, 0.6) is 0 Å². The molecule has 1 aromatic rings. The number of carbonyl (C=O) groups excluding carboxylic acids is 3. The molecule has 0 aliphatic carbocycles. The highest BCUT2D eigenvalue weighted by atomic mass is 32.2. The molecule has 3 amide bonds. The second kappa shape index (κ2) is 10.4. The number of sulfone groups is 1. The molecule has 0 aromatic heterocycles. The molecular formula is C19H28N3O6S+. The van der Waals surface area contributed by atoms with Crippen molar-refractivity contribution in [3.8, 4) is 0 Å². The van der Waals surface area contributed by atoms with Crippen molar-refractivity contribution in [3.63, 3.8) is 0 Å². The maximum absolute atomic E-state index is 13.1. The van der Waals surface area contributed by atoms with Gasteiger partial charge in [-0.3, -0.25) is 14.9 Å². The molecule has 1 heterocycles. The number of ether oxygens (including phenoxy) is 1. The Kier molecular flexibility index (Phi) is 8.15. The molecule has 2 N–H and O–H groups in total. The molecule has 1 fully saturated rings. The van der Waals surface area contributed by atoms with Crippen molar-refractivity contribution < 1.29 is 32.4 Å². The molecule has 10 heteroatoms. The zero-order valence-electron chi connectivity index (χ0n) is 16.7. The summed E-state index contributed by atoms with van der Waals surface area (Å²) < 4.78 is 28.6. The monoisotopic (exact) mass is 426 g/mol. The first-order valence-electron chi connectivity index (χ1n) is 9.63. The highest BCUT2D eigenvalue weighted by Crippen LogP contribution is 2.24. The Morgan fingerprint density at radius 1 is 1.17 bits per heavy atom. The van der Waals surface area contributed by atoms with E-state index in [1.54, 1.807) is 31.2 Å². The van der Waals surface area contributed by atoms with Crippen molar-refractivity contribution in [1.29, 1.82) is 0 Å². The third-order valence-corrected chi connectivity index (χ3v) is 6.46. The lowest BCUT2D eigenvalue weighted by atomic mass is 10.1. The van der Waals surface area contributed by atoms with Gasteiger partial charge in [0, 0.05) is 5.69 Å². The number of likely N-dealkylation sites (N-methyl/N-ethyl adjacent to an activating group) is 1. The van der Waals surface area contributed by atoms with Crippen molar-refractivity contribution in [1.82, 2.24) is 5.32 Å². The first kappa shape index (κ1) is 22.8. The first-order valence-corrected chi connectivity index (χ1v) is 11.5. The van der Waals surface area contributed by atoms with Crippen LogP contribution < -0.4 is 15.1 Å². The van der Waals surface area contributed by atoms with Crippen LogP contribution in [0.4, 0.5) is 10.5 Å². The van der Waals surface area contributed by atoms with Gasteiger partial charge in [0.15, 0.2) is 22.9 Å². The summed E-state index contributed by atoms with van der Waals surface area (Å²) in [5.74, 6) is -0.819. The van der Waals surface area contributed by atoms with Crippen LogP contribution in [0.2, 0.25) is 0 Å². The van der Waals surface area contributed by atoms with Crippen LogP contribution in [0.3, 0.4) is 0 Å². The lowest BCUT2D eigenvalue weighted by Crippen LogP contribution is -3.14. The molecule has 2 rings (SSSR count). The van der Waals surface area contributed by atoms with E-state index in [4.69, 9.17) is 0 Å². The smallest absolute Gasteiger partial charge is 0.414 e. The number of rotatable bonds is 8. The zero-order chi connectivity index (χ0) is 21.4. The van der Waals surface area contributed by atoms with E-state index in [1.165, 1.54) is 4.90 Å². The summed E-state index contributed by atoms with van der Waals surface area (Å²) in [5, 5.41) is 2.12. The van der Waals surface area contributed by atoms with Crippen LogP contribution >= 0.6 is 0 Å². The molecule has 1 saturated heterocycles. The average Bonchev–Trinajstić information content (AvgIpc) is 3.01.